The third kappa shape index (κ3) is 5.42. The fourth-order valence-corrected chi connectivity index (χ4v) is 4.75. The van der Waals surface area contributed by atoms with E-state index < -0.39 is 17.8 Å². The van der Waals surface area contributed by atoms with Crippen molar-refractivity contribution in [1.82, 2.24) is 4.90 Å². The van der Waals surface area contributed by atoms with Gasteiger partial charge >= 0.3 is 17.8 Å². The van der Waals surface area contributed by atoms with Crippen LogP contribution in [0.25, 0.3) is 0 Å². The van der Waals surface area contributed by atoms with Gasteiger partial charge in [0.15, 0.2) is 0 Å². The summed E-state index contributed by atoms with van der Waals surface area (Å²) in [6.07, 6.45) is 0.638. The first-order valence-electron chi connectivity index (χ1n) is 10.1. The highest BCUT2D eigenvalue weighted by Crippen LogP contribution is 2.38. The van der Waals surface area contributed by atoms with E-state index in [1.165, 1.54) is 11.3 Å². The second-order valence-electron chi connectivity index (χ2n) is 6.92. The molecule has 1 aliphatic rings. The van der Waals surface area contributed by atoms with Crippen molar-refractivity contribution in [3.8, 4) is 5.75 Å². The largest absolute Gasteiger partial charge is 0.497 e. The predicted molar refractivity (Wildman–Crippen MR) is 116 cm³/mol. The molecule has 1 aromatic heterocycles. The maximum absolute atomic E-state index is 12.6. The van der Waals surface area contributed by atoms with Gasteiger partial charge in [-0.15, -0.1) is 11.3 Å². The molecule has 1 aliphatic heterocycles. The molecule has 0 atom stereocenters. The minimum Gasteiger partial charge on any atom is -0.497 e. The second kappa shape index (κ2) is 10.4. The number of carbonyl (C=O) groups excluding carboxylic acids is 3. The van der Waals surface area contributed by atoms with Crippen molar-refractivity contribution >= 4 is 34.2 Å². The minimum absolute atomic E-state index is 0.0944. The summed E-state index contributed by atoms with van der Waals surface area (Å²) in [4.78, 5) is 39.7. The molecule has 0 spiro atoms. The average molecular weight is 447 g/mol. The van der Waals surface area contributed by atoms with Gasteiger partial charge in [-0.05, 0) is 43.5 Å². The monoisotopic (exact) mass is 446 g/mol. The molecule has 0 aliphatic carbocycles. The molecule has 0 saturated heterocycles. The molecule has 3 rings (SSSR count). The number of hydrogen-bond donors (Lipinski definition) is 1. The number of thiophene rings is 1. The first kappa shape index (κ1) is 22.8. The summed E-state index contributed by atoms with van der Waals surface area (Å²) < 4.78 is 15.2. The standard InChI is InChI=1S/C22H26N2O6S/c1-4-29-21(26)18-16-9-10-24(12-14-7-6-8-15(11-14)28-3)13-17(16)31-20(18)23-19(25)22(27)30-5-2/h6-8,11H,4-5,9-10,12-13H2,1-3H3,(H,23,25). The van der Waals surface area contributed by atoms with Gasteiger partial charge in [0.25, 0.3) is 0 Å². The Labute approximate surface area is 185 Å². The van der Waals surface area contributed by atoms with Crippen molar-refractivity contribution in [3.63, 3.8) is 0 Å². The van der Waals surface area contributed by atoms with Crippen LogP contribution in [0.15, 0.2) is 24.3 Å². The lowest BCUT2D eigenvalue weighted by molar-refractivity contribution is -0.152. The van der Waals surface area contributed by atoms with Gasteiger partial charge in [0, 0.05) is 24.5 Å². The highest BCUT2D eigenvalue weighted by atomic mass is 32.1. The maximum atomic E-state index is 12.6. The van der Waals surface area contributed by atoms with Gasteiger partial charge in [0.2, 0.25) is 0 Å². The Hall–Kier alpha value is -2.91. The number of rotatable bonds is 7. The van der Waals surface area contributed by atoms with Crippen LogP contribution < -0.4 is 10.1 Å². The molecule has 0 radical (unpaired) electrons. The molecular formula is C22H26N2O6S. The molecule has 0 fully saturated rings. The number of nitrogens with one attached hydrogen (secondary N) is 1. The number of anilines is 1. The van der Waals surface area contributed by atoms with Crippen LogP contribution in [0.5, 0.6) is 5.75 Å². The predicted octanol–water partition coefficient (Wildman–Crippen LogP) is 2.99. The second-order valence-corrected chi connectivity index (χ2v) is 8.02. The van der Waals surface area contributed by atoms with Gasteiger partial charge in [-0.25, -0.2) is 9.59 Å². The number of carbonyl (C=O) groups is 3. The molecule has 0 saturated carbocycles. The van der Waals surface area contributed by atoms with E-state index in [9.17, 15) is 14.4 Å². The first-order valence-corrected chi connectivity index (χ1v) is 10.9. The molecule has 0 bridgehead atoms. The van der Waals surface area contributed by atoms with Crippen LogP contribution in [-0.2, 0) is 38.6 Å². The number of esters is 2. The van der Waals surface area contributed by atoms with E-state index in [1.807, 2.05) is 24.3 Å². The fourth-order valence-electron chi connectivity index (χ4n) is 3.48. The zero-order valence-electron chi connectivity index (χ0n) is 17.9. The van der Waals surface area contributed by atoms with Crippen LogP contribution >= 0.6 is 11.3 Å². The van der Waals surface area contributed by atoms with Crippen LogP contribution in [0.2, 0.25) is 0 Å². The van der Waals surface area contributed by atoms with Crippen LogP contribution in [0.1, 0.15) is 40.2 Å². The Morgan fingerprint density at radius 3 is 2.65 bits per heavy atom. The Morgan fingerprint density at radius 2 is 1.94 bits per heavy atom. The Kier molecular flexibility index (Phi) is 7.64. The van der Waals surface area contributed by atoms with E-state index in [0.29, 0.717) is 23.5 Å². The zero-order chi connectivity index (χ0) is 22.4. The van der Waals surface area contributed by atoms with Crippen molar-refractivity contribution < 1.29 is 28.6 Å². The molecular weight excluding hydrogens is 420 g/mol. The third-order valence-corrected chi connectivity index (χ3v) is 5.98. The van der Waals surface area contributed by atoms with E-state index in [2.05, 4.69) is 10.2 Å². The number of amides is 1. The molecule has 2 aromatic rings. The number of hydrogen-bond acceptors (Lipinski definition) is 8. The van der Waals surface area contributed by atoms with Crippen LogP contribution in [0.4, 0.5) is 5.00 Å². The lowest BCUT2D eigenvalue weighted by Gasteiger charge is -2.27. The molecule has 1 amide bonds. The highest BCUT2D eigenvalue weighted by molar-refractivity contribution is 7.17. The van der Waals surface area contributed by atoms with Crippen LogP contribution in [0, 0.1) is 0 Å². The number of fused-ring (bicyclic) bond motifs is 1. The van der Waals surface area contributed by atoms with E-state index in [1.54, 1.807) is 21.0 Å². The van der Waals surface area contributed by atoms with Gasteiger partial charge < -0.3 is 19.5 Å². The quantitative estimate of drug-likeness (QED) is 0.516. The smallest absolute Gasteiger partial charge is 0.397 e. The summed E-state index contributed by atoms with van der Waals surface area (Å²) in [5.74, 6) is -1.58. The van der Waals surface area contributed by atoms with Gasteiger partial charge in [-0.1, -0.05) is 12.1 Å². The Balaban J connectivity index is 1.82. The SMILES string of the molecule is CCOC(=O)C(=O)Nc1sc2c(c1C(=O)OCC)CCN(Cc1cccc(OC)c1)C2. The fraction of sp³-hybridized carbons (Fsp3) is 0.409. The summed E-state index contributed by atoms with van der Waals surface area (Å²) >= 11 is 1.30. The Bertz CT molecular complexity index is 971. The summed E-state index contributed by atoms with van der Waals surface area (Å²) in [6, 6.07) is 7.90. The number of nitrogens with zero attached hydrogens (tertiary/aromatic N) is 1. The molecule has 2 heterocycles. The van der Waals surface area contributed by atoms with Crippen molar-refractivity contribution in [1.29, 1.82) is 0 Å². The van der Waals surface area contributed by atoms with Crippen molar-refractivity contribution in [3.05, 3.63) is 45.8 Å². The lowest BCUT2D eigenvalue weighted by Crippen LogP contribution is -2.30. The van der Waals surface area contributed by atoms with E-state index in [4.69, 9.17) is 14.2 Å². The normalized spacial score (nSPS) is 13.3. The van der Waals surface area contributed by atoms with E-state index in [0.717, 1.165) is 34.8 Å². The van der Waals surface area contributed by atoms with E-state index >= 15 is 0 Å². The molecule has 31 heavy (non-hydrogen) atoms. The minimum atomic E-state index is -0.983. The summed E-state index contributed by atoms with van der Waals surface area (Å²) in [5, 5.41) is 2.86. The summed E-state index contributed by atoms with van der Waals surface area (Å²) in [7, 11) is 1.64. The van der Waals surface area contributed by atoms with Crippen LogP contribution in [0.3, 0.4) is 0 Å². The molecule has 8 nitrogen and oxygen atoms in total. The van der Waals surface area contributed by atoms with Gasteiger partial charge in [0.1, 0.15) is 10.8 Å². The highest BCUT2D eigenvalue weighted by Gasteiger charge is 2.30. The van der Waals surface area contributed by atoms with Gasteiger partial charge in [-0.2, -0.15) is 0 Å². The average Bonchev–Trinajstić information content (AvgIpc) is 3.11. The van der Waals surface area contributed by atoms with Crippen molar-refractivity contribution in [2.75, 3.05) is 32.2 Å². The molecule has 1 aromatic carbocycles. The molecule has 166 valence electrons. The molecule has 1 N–H and O–H groups in total. The summed E-state index contributed by atoms with van der Waals surface area (Å²) in [5.41, 5.74) is 2.32. The first-order chi connectivity index (χ1) is 15.0. The third-order valence-electron chi connectivity index (χ3n) is 4.84. The topological polar surface area (TPSA) is 94.2 Å². The molecule has 0 unspecified atom stereocenters. The number of ether oxygens (including phenoxy) is 3. The van der Waals surface area contributed by atoms with Crippen LogP contribution in [-0.4, -0.2) is 49.6 Å². The number of methoxy groups -OCH3 is 1. The van der Waals surface area contributed by atoms with Gasteiger partial charge in [-0.3, -0.25) is 9.69 Å². The van der Waals surface area contributed by atoms with E-state index in [-0.39, 0.29) is 13.2 Å². The Morgan fingerprint density at radius 1 is 1.16 bits per heavy atom. The number of benzene rings is 1. The van der Waals surface area contributed by atoms with Crippen molar-refractivity contribution in [2.24, 2.45) is 0 Å². The maximum Gasteiger partial charge on any atom is 0.397 e. The summed E-state index contributed by atoms with van der Waals surface area (Å²) in [6.45, 7) is 5.76. The molecule has 9 heteroatoms. The lowest BCUT2D eigenvalue weighted by atomic mass is 10.0. The zero-order valence-corrected chi connectivity index (χ0v) is 18.7. The van der Waals surface area contributed by atoms with Crippen molar-refractivity contribution in [2.45, 2.75) is 33.4 Å². The van der Waals surface area contributed by atoms with Gasteiger partial charge in [0.05, 0.1) is 25.9 Å².